The number of carbonyl (C=O) groups is 2. The first kappa shape index (κ1) is 20.9. The molecule has 27 heavy (non-hydrogen) atoms. The summed E-state index contributed by atoms with van der Waals surface area (Å²) in [6.45, 7) is 9.84. The molecule has 1 aliphatic rings. The van der Waals surface area contributed by atoms with Crippen LogP contribution in [0.15, 0.2) is 12.1 Å². The third-order valence-corrected chi connectivity index (χ3v) is 4.19. The first-order valence-electron chi connectivity index (χ1n) is 9.57. The van der Waals surface area contributed by atoms with Gasteiger partial charge in [-0.1, -0.05) is 0 Å². The Morgan fingerprint density at radius 3 is 1.96 bits per heavy atom. The van der Waals surface area contributed by atoms with Crippen LogP contribution in [-0.2, 0) is 9.53 Å². The molecule has 1 saturated heterocycles. The van der Waals surface area contributed by atoms with Gasteiger partial charge in [0.05, 0.1) is 25.4 Å². The molecule has 1 aliphatic heterocycles. The van der Waals surface area contributed by atoms with Crippen LogP contribution in [-0.4, -0.2) is 55.8 Å². The van der Waals surface area contributed by atoms with Gasteiger partial charge in [-0.2, -0.15) is 0 Å². The van der Waals surface area contributed by atoms with Gasteiger partial charge in [0, 0.05) is 13.1 Å². The summed E-state index contributed by atoms with van der Waals surface area (Å²) in [6, 6.07) is 3.12. The van der Waals surface area contributed by atoms with E-state index in [1.165, 1.54) is 0 Å². The topological polar surface area (TPSA) is 74.3 Å². The highest BCUT2D eigenvalue weighted by atomic mass is 16.6. The van der Waals surface area contributed by atoms with Crippen molar-refractivity contribution in [2.24, 2.45) is 0 Å². The molecule has 150 valence electrons. The third kappa shape index (κ3) is 5.28. The van der Waals surface area contributed by atoms with Crippen molar-refractivity contribution in [1.82, 2.24) is 4.90 Å². The Labute approximate surface area is 160 Å². The van der Waals surface area contributed by atoms with E-state index in [1.807, 2.05) is 20.8 Å². The molecule has 1 aromatic carbocycles. The van der Waals surface area contributed by atoms with Gasteiger partial charge in [-0.05, 0) is 52.7 Å². The summed E-state index contributed by atoms with van der Waals surface area (Å²) < 4.78 is 22.3. The smallest absolute Gasteiger partial charge is 0.339 e. The first-order valence-corrected chi connectivity index (χ1v) is 9.57. The minimum atomic E-state index is -0.840. The number of hydrogen-bond donors (Lipinski definition) is 0. The summed E-state index contributed by atoms with van der Waals surface area (Å²) in [5.74, 6) is 0.521. The molecule has 1 fully saturated rings. The third-order valence-electron chi connectivity index (χ3n) is 4.19. The lowest BCUT2D eigenvalue weighted by Gasteiger charge is -2.21. The number of benzene rings is 1. The maximum absolute atomic E-state index is 12.6. The van der Waals surface area contributed by atoms with Gasteiger partial charge < -0.3 is 23.8 Å². The quantitative estimate of drug-likeness (QED) is 0.614. The molecule has 1 aromatic rings. The number of carbonyl (C=O) groups excluding carboxylic acids is 2. The maximum Gasteiger partial charge on any atom is 0.339 e. The fourth-order valence-corrected chi connectivity index (χ4v) is 2.98. The monoisotopic (exact) mass is 379 g/mol. The van der Waals surface area contributed by atoms with E-state index >= 15 is 0 Å². The Balaban J connectivity index is 2.21. The van der Waals surface area contributed by atoms with Crippen molar-refractivity contribution in [2.75, 3.05) is 32.9 Å². The van der Waals surface area contributed by atoms with Crippen molar-refractivity contribution >= 4 is 11.9 Å². The van der Waals surface area contributed by atoms with E-state index in [4.69, 9.17) is 18.9 Å². The Kier molecular flexibility index (Phi) is 7.76. The highest BCUT2D eigenvalue weighted by Gasteiger charge is 2.27. The van der Waals surface area contributed by atoms with Gasteiger partial charge in [0.25, 0.3) is 5.91 Å². The number of likely N-dealkylation sites (tertiary alicyclic amines) is 1. The van der Waals surface area contributed by atoms with Gasteiger partial charge in [-0.3, -0.25) is 4.79 Å². The van der Waals surface area contributed by atoms with Gasteiger partial charge in [-0.25, -0.2) is 4.79 Å². The van der Waals surface area contributed by atoms with Crippen LogP contribution in [0.2, 0.25) is 0 Å². The summed E-state index contributed by atoms with van der Waals surface area (Å²) in [5.41, 5.74) is 0.256. The Hall–Kier alpha value is -2.44. The lowest BCUT2D eigenvalue weighted by molar-refractivity contribution is -0.138. The molecule has 1 amide bonds. The lowest BCUT2D eigenvalue weighted by Crippen LogP contribution is -2.38. The molecule has 2 rings (SSSR count). The highest BCUT2D eigenvalue weighted by Crippen LogP contribution is 2.39. The van der Waals surface area contributed by atoms with Crippen molar-refractivity contribution < 1.29 is 28.5 Å². The van der Waals surface area contributed by atoms with Crippen molar-refractivity contribution in [1.29, 1.82) is 0 Å². The average Bonchev–Trinajstić information content (AvgIpc) is 3.18. The van der Waals surface area contributed by atoms with Gasteiger partial charge >= 0.3 is 5.97 Å². The van der Waals surface area contributed by atoms with E-state index in [0.717, 1.165) is 12.8 Å². The van der Waals surface area contributed by atoms with Crippen molar-refractivity contribution in [3.8, 4) is 17.2 Å². The van der Waals surface area contributed by atoms with Crippen LogP contribution in [0, 0.1) is 0 Å². The van der Waals surface area contributed by atoms with Gasteiger partial charge in [0.1, 0.15) is 0 Å². The summed E-state index contributed by atoms with van der Waals surface area (Å²) in [4.78, 5) is 26.7. The summed E-state index contributed by atoms with van der Waals surface area (Å²) >= 11 is 0. The summed E-state index contributed by atoms with van der Waals surface area (Å²) in [5, 5.41) is 0. The molecule has 1 heterocycles. The van der Waals surface area contributed by atoms with Crippen molar-refractivity contribution in [2.45, 2.75) is 46.6 Å². The zero-order chi connectivity index (χ0) is 19.8. The summed E-state index contributed by atoms with van der Waals surface area (Å²) in [6.07, 6.45) is 1.13. The standard InChI is InChI=1S/C20H29NO6/c1-5-24-16-12-15(13-17(25-6-2)18(16)26-7-3)20(23)27-14(4)19(22)21-10-8-9-11-21/h12-14H,5-11H2,1-4H3. The molecule has 0 radical (unpaired) electrons. The Bertz CT molecular complexity index is 627. The molecule has 0 saturated carbocycles. The molecule has 7 nitrogen and oxygen atoms in total. The van der Waals surface area contributed by atoms with Crippen molar-refractivity contribution in [3.05, 3.63) is 17.7 Å². The van der Waals surface area contributed by atoms with E-state index in [-0.39, 0.29) is 11.5 Å². The number of rotatable bonds is 9. The van der Waals surface area contributed by atoms with E-state index in [9.17, 15) is 9.59 Å². The number of ether oxygens (including phenoxy) is 4. The highest BCUT2D eigenvalue weighted by molar-refractivity contribution is 5.93. The number of amides is 1. The maximum atomic E-state index is 12.6. The predicted molar refractivity (Wildman–Crippen MR) is 101 cm³/mol. The molecule has 7 heteroatoms. The van der Waals surface area contributed by atoms with Crippen molar-refractivity contribution in [3.63, 3.8) is 0 Å². The minimum Gasteiger partial charge on any atom is -0.490 e. The normalized spacial score (nSPS) is 14.6. The SMILES string of the molecule is CCOc1cc(C(=O)OC(C)C(=O)N2CCCC2)cc(OCC)c1OCC. The van der Waals surface area contributed by atoms with Crippen LogP contribution < -0.4 is 14.2 Å². The molecule has 1 atom stereocenters. The van der Waals surface area contributed by atoms with Gasteiger partial charge in [-0.15, -0.1) is 0 Å². The molecule has 1 unspecified atom stereocenters. The Morgan fingerprint density at radius 2 is 1.48 bits per heavy atom. The lowest BCUT2D eigenvalue weighted by atomic mass is 10.1. The second kappa shape index (κ2) is 10.0. The minimum absolute atomic E-state index is 0.165. The fourth-order valence-electron chi connectivity index (χ4n) is 2.98. The number of nitrogens with zero attached hydrogens (tertiary/aromatic N) is 1. The molecule has 0 bridgehead atoms. The van der Waals surface area contributed by atoms with Gasteiger partial charge in [0.15, 0.2) is 17.6 Å². The predicted octanol–water partition coefficient (Wildman–Crippen LogP) is 3.05. The summed E-state index contributed by atoms with van der Waals surface area (Å²) in [7, 11) is 0. The zero-order valence-electron chi connectivity index (χ0n) is 16.6. The van der Waals surface area contributed by atoms with Crippen LogP contribution >= 0.6 is 0 Å². The van der Waals surface area contributed by atoms with E-state index in [1.54, 1.807) is 24.0 Å². The van der Waals surface area contributed by atoms with Crippen LogP contribution in [0.25, 0.3) is 0 Å². The molecule has 0 aliphatic carbocycles. The average molecular weight is 379 g/mol. The van der Waals surface area contributed by atoms with Crippen LogP contribution in [0.4, 0.5) is 0 Å². The first-order chi connectivity index (χ1) is 13.0. The van der Waals surface area contributed by atoms with E-state index in [2.05, 4.69) is 0 Å². The van der Waals surface area contributed by atoms with Gasteiger partial charge in [0.2, 0.25) is 5.75 Å². The second-order valence-corrected chi connectivity index (χ2v) is 6.18. The molecular weight excluding hydrogens is 350 g/mol. The van der Waals surface area contributed by atoms with Crippen LogP contribution in [0.1, 0.15) is 50.9 Å². The second-order valence-electron chi connectivity index (χ2n) is 6.18. The Morgan fingerprint density at radius 1 is 0.963 bits per heavy atom. The largest absolute Gasteiger partial charge is 0.490 e. The van der Waals surface area contributed by atoms with E-state index < -0.39 is 12.1 Å². The number of hydrogen-bond acceptors (Lipinski definition) is 6. The zero-order valence-corrected chi connectivity index (χ0v) is 16.6. The molecule has 0 aromatic heterocycles. The molecule has 0 N–H and O–H groups in total. The van der Waals surface area contributed by atoms with Crippen LogP contribution in [0.5, 0.6) is 17.2 Å². The molecular formula is C20H29NO6. The molecule has 0 spiro atoms. The van der Waals surface area contributed by atoms with E-state index in [0.29, 0.717) is 50.2 Å². The number of esters is 1. The van der Waals surface area contributed by atoms with Crippen LogP contribution in [0.3, 0.4) is 0 Å². The fraction of sp³-hybridized carbons (Fsp3) is 0.600.